The molecule has 60 valence electrons. The standard InChI is InChI=1S/C8H11FN2/c1-5(10)7-4-6(9)2-3-8(7)11/h2-5H,10-11H2,1H3/t5-/m0/s1. The van der Waals surface area contributed by atoms with Crippen molar-refractivity contribution in [1.29, 1.82) is 0 Å². The summed E-state index contributed by atoms with van der Waals surface area (Å²) in [5, 5.41) is 0. The predicted octanol–water partition coefficient (Wildman–Crippen LogP) is 1.43. The van der Waals surface area contributed by atoms with Crippen molar-refractivity contribution in [2.24, 2.45) is 5.73 Å². The van der Waals surface area contributed by atoms with Crippen LogP contribution in [0.25, 0.3) is 0 Å². The van der Waals surface area contributed by atoms with Crippen LogP contribution in [0.3, 0.4) is 0 Å². The monoisotopic (exact) mass is 154 g/mol. The van der Waals surface area contributed by atoms with Crippen LogP contribution in [0.5, 0.6) is 0 Å². The number of hydrogen-bond donors (Lipinski definition) is 2. The molecule has 0 saturated heterocycles. The molecule has 0 aliphatic carbocycles. The van der Waals surface area contributed by atoms with E-state index in [0.717, 1.165) is 0 Å². The highest BCUT2D eigenvalue weighted by molar-refractivity contribution is 5.48. The third-order valence-corrected chi connectivity index (χ3v) is 1.54. The van der Waals surface area contributed by atoms with E-state index >= 15 is 0 Å². The van der Waals surface area contributed by atoms with Gasteiger partial charge in [0.2, 0.25) is 0 Å². The Labute approximate surface area is 65.0 Å². The summed E-state index contributed by atoms with van der Waals surface area (Å²) < 4.78 is 12.6. The van der Waals surface area contributed by atoms with Gasteiger partial charge in [0.15, 0.2) is 0 Å². The third kappa shape index (κ3) is 1.68. The van der Waals surface area contributed by atoms with Gasteiger partial charge in [0, 0.05) is 11.7 Å². The number of nitrogens with two attached hydrogens (primary N) is 2. The quantitative estimate of drug-likeness (QED) is 0.601. The van der Waals surface area contributed by atoms with E-state index in [4.69, 9.17) is 11.5 Å². The van der Waals surface area contributed by atoms with E-state index in [9.17, 15) is 4.39 Å². The number of hydrogen-bond acceptors (Lipinski definition) is 2. The molecule has 0 aromatic heterocycles. The van der Waals surface area contributed by atoms with E-state index in [-0.39, 0.29) is 11.9 Å². The van der Waals surface area contributed by atoms with Crippen LogP contribution in [0.15, 0.2) is 18.2 Å². The lowest BCUT2D eigenvalue weighted by Crippen LogP contribution is -2.08. The van der Waals surface area contributed by atoms with Gasteiger partial charge in [0.05, 0.1) is 0 Å². The zero-order valence-electron chi connectivity index (χ0n) is 6.34. The van der Waals surface area contributed by atoms with Gasteiger partial charge in [0.1, 0.15) is 5.82 Å². The van der Waals surface area contributed by atoms with E-state index in [1.165, 1.54) is 18.2 Å². The zero-order valence-corrected chi connectivity index (χ0v) is 6.34. The molecule has 1 aromatic carbocycles. The Morgan fingerprint density at radius 3 is 2.55 bits per heavy atom. The van der Waals surface area contributed by atoms with Crippen LogP contribution in [0.4, 0.5) is 10.1 Å². The second-order valence-corrected chi connectivity index (χ2v) is 2.56. The van der Waals surface area contributed by atoms with Crippen molar-refractivity contribution in [2.75, 3.05) is 5.73 Å². The summed E-state index contributed by atoms with van der Waals surface area (Å²) in [6.07, 6.45) is 0. The Balaban J connectivity index is 3.13. The highest BCUT2D eigenvalue weighted by Gasteiger charge is 2.04. The summed E-state index contributed by atoms with van der Waals surface area (Å²) in [4.78, 5) is 0. The maximum Gasteiger partial charge on any atom is 0.123 e. The number of anilines is 1. The van der Waals surface area contributed by atoms with Gasteiger partial charge >= 0.3 is 0 Å². The SMILES string of the molecule is C[C@H](N)c1cc(F)ccc1N. The molecular weight excluding hydrogens is 143 g/mol. The second kappa shape index (κ2) is 2.88. The summed E-state index contributed by atoms with van der Waals surface area (Å²) in [5.41, 5.74) is 12.3. The molecule has 0 bridgehead atoms. The molecule has 0 saturated carbocycles. The summed E-state index contributed by atoms with van der Waals surface area (Å²) in [6, 6.07) is 3.99. The molecule has 0 spiro atoms. The van der Waals surface area contributed by atoms with Crippen LogP contribution >= 0.6 is 0 Å². The highest BCUT2D eigenvalue weighted by Crippen LogP contribution is 2.18. The molecule has 4 N–H and O–H groups in total. The van der Waals surface area contributed by atoms with Gasteiger partial charge in [-0.25, -0.2) is 4.39 Å². The van der Waals surface area contributed by atoms with Crippen LogP contribution < -0.4 is 11.5 Å². The van der Waals surface area contributed by atoms with Crippen LogP contribution in [0.1, 0.15) is 18.5 Å². The fourth-order valence-corrected chi connectivity index (χ4v) is 0.940. The Morgan fingerprint density at radius 1 is 1.45 bits per heavy atom. The highest BCUT2D eigenvalue weighted by atomic mass is 19.1. The number of halogens is 1. The molecule has 1 aromatic rings. The molecule has 0 fully saturated rings. The van der Waals surface area contributed by atoms with E-state index in [0.29, 0.717) is 11.3 Å². The maximum absolute atomic E-state index is 12.6. The largest absolute Gasteiger partial charge is 0.398 e. The minimum Gasteiger partial charge on any atom is -0.398 e. The fraction of sp³-hybridized carbons (Fsp3) is 0.250. The summed E-state index contributed by atoms with van der Waals surface area (Å²) in [5.74, 6) is -0.300. The van der Waals surface area contributed by atoms with Crippen molar-refractivity contribution < 1.29 is 4.39 Å². The first-order chi connectivity index (χ1) is 5.11. The summed E-state index contributed by atoms with van der Waals surface area (Å²) >= 11 is 0. The van der Waals surface area contributed by atoms with Crippen LogP contribution in [0.2, 0.25) is 0 Å². The van der Waals surface area contributed by atoms with Crippen LogP contribution in [-0.4, -0.2) is 0 Å². The molecule has 1 atom stereocenters. The van der Waals surface area contributed by atoms with Gasteiger partial charge in [-0.1, -0.05) is 0 Å². The molecule has 2 nitrogen and oxygen atoms in total. The average Bonchev–Trinajstić information content (AvgIpc) is 1.94. The molecule has 3 heteroatoms. The normalized spacial score (nSPS) is 13.0. The Bertz CT molecular complexity index is 258. The first-order valence-corrected chi connectivity index (χ1v) is 3.42. The van der Waals surface area contributed by atoms with Crippen molar-refractivity contribution in [3.63, 3.8) is 0 Å². The van der Waals surface area contributed by atoms with E-state index in [1.54, 1.807) is 6.92 Å². The summed E-state index contributed by atoms with van der Waals surface area (Å²) in [6.45, 7) is 1.77. The topological polar surface area (TPSA) is 52.0 Å². The van der Waals surface area contributed by atoms with Crippen molar-refractivity contribution in [3.8, 4) is 0 Å². The number of nitrogen functional groups attached to an aromatic ring is 1. The van der Waals surface area contributed by atoms with Gasteiger partial charge in [-0.15, -0.1) is 0 Å². The first-order valence-electron chi connectivity index (χ1n) is 3.42. The second-order valence-electron chi connectivity index (χ2n) is 2.56. The molecule has 11 heavy (non-hydrogen) atoms. The molecule has 0 aliphatic heterocycles. The van der Waals surface area contributed by atoms with Crippen molar-refractivity contribution >= 4 is 5.69 Å². The van der Waals surface area contributed by atoms with Gasteiger partial charge < -0.3 is 11.5 Å². The Morgan fingerprint density at radius 2 is 2.09 bits per heavy atom. The number of benzene rings is 1. The van der Waals surface area contributed by atoms with E-state index in [1.807, 2.05) is 0 Å². The third-order valence-electron chi connectivity index (χ3n) is 1.54. The van der Waals surface area contributed by atoms with Gasteiger partial charge in [-0.2, -0.15) is 0 Å². The molecule has 0 radical (unpaired) electrons. The predicted molar refractivity (Wildman–Crippen MR) is 43.4 cm³/mol. The van der Waals surface area contributed by atoms with Gasteiger partial charge in [-0.05, 0) is 30.7 Å². The molecule has 0 aliphatic rings. The zero-order chi connectivity index (χ0) is 8.43. The van der Waals surface area contributed by atoms with E-state index in [2.05, 4.69) is 0 Å². The lowest BCUT2D eigenvalue weighted by molar-refractivity contribution is 0.623. The summed E-state index contributed by atoms with van der Waals surface area (Å²) in [7, 11) is 0. The molecule has 1 rings (SSSR count). The van der Waals surface area contributed by atoms with E-state index < -0.39 is 0 Å². The van der Waals surface area contributed by atoms with Gasteiger partial charge in [0.25, 0.3) is 0 Å². The Kier molecular flexibility index (Phi) is 2.10. The first kappa shape index (κ1) is 8.01. The number of rotatable bonds is 1. The van der Waals surface area contributed by atoms with Crippen molar-refractivity contribution in [3.05, 3.63) is 29.6 Å². The minimum absolute atomic E-state index is 0.217. The van der Waals surface area contributed by atoms with Crippen LogP contribution in [0, 0.1) is 5.82 Å². The minimum atomic E-state index is -0.300. The molecular formula is C8H11FN2. The van der Waals surface area contributed by atoms with Crippen molar-refractivity contribution in [2.45, 2.75) is 13.0 Å². The smallest absolute Gasteiger partial charge is 0.123 e. The van der Waals surface area contributed by atoms with Gasteiger partial charge in [-0.3, -0.25) is 0 Å². The molecule has 0 heterocycles. The lowest BCUT2D eigenvalue weighted by atomic mass is 10.1. The molecule has 0 amide bonds. The maximum atomic E-state index is 12.6. The molecule has 0 unspecified atom stereocenters. The van der Waals surface area contributed by atoms with Crippen LogP contribution in [-0.2, 0) is 0 Å². The van der Waals surface area contributed by atoms with Crippen molar-refractivity contribution in [1.82, 2.24) is 0 Å². The fourth-order valence-electron chi connectivity index (χ4n) is 0.940. The lowest BCUT2D eigenvalue weighted by Gasteiger charge is -2.08. The Hall–Kier alpha value is -1.09. The average molecular weight is 154 g/mol.